The van der Waals surface area contributed by atoms with Crippen molar-refractivity contribution in [3.63, 3.8) is 0 Å². The Balaban J connectivity index is 2.45. The van der Waals surface area contributed by atoms with Gasteiger partial charge < -0.3 is 15.5 Å². The zero-order valence-corrected chi connectivity index (χ0v) is 11.5. The molecular formula is C13H18N4O3. The number of amides is 1. The van der Waals surface area contributed by atoms with Gasteiger partial charge in [-0.3, -0.25) is 14.9 Å². The summed E-state index contributed by atoms with van der Waals surface area (Å²) in [6, 6.07) is 4.75. The Morgan fingerprint density at radius 1 is 1.55 bits per heavy atom. The van der Waals surface area contributed by atoms with Gasteiger partial charge in [-0.1, -0.05) is 12.1 Å². The molecule has 1 aromatic rings. The van der Waals surface area contributed by atoms with Gasteiger partial charge in [0.25, 0.3) is 5.69 Å². The Labute approximate surface area is 117 Å². The zero-order chi connectivity index (χ0) is 14.7. The van der Waals surface area contributed by atoms with Gasteiger partial charge >= 0.3 is 0 Å². The van der Waals surface area contributed by atoms with Crippen molar-refractivity contribution in [3.8, 4) is 0 Å². The number of anilines is 1. The molecule has 108 valence electrons. The van der Waals surface area contributed by atoms with E-state index in [1.807, 2.05) is 0 Å². The van der Waals surface area contributed by atoms with Crippen LogP contribution < -0.4 is 15.5 Å². The predicted molar refractivity (Wildman–Crippen MR) is 75.9 cm³/mol. The molecule has 1 aliphatic heterocycles. The largest absolute Gasteiger partial charge is 0.357 e. The first-order valence-electron chi connectivity index (χ1n) is 6.49. The molecule has 1 atom stereocenters. The molecule has 1 aromatic carbocycles. The van der Waals surface area contributed by atoms with E-state index in [0.717, 1.165) is 0 Å². The Bertz CT molecular complexity index is 532. The van der Waals surface area contributed by atoms with Gasteiger partial charge in [0.05, 0.1) is 4.92 Å². The topological polar surface area (TPSA) is 87.5 Å². The Morgan fingerprint density at radius 2 is 2.30 bits per heavy atom. The highest BCUT2D eigenvalue weighted by atomic mass is 16.6. The second-order valence-electron chi connectivity index (χ2n) is 4.73. The molecule has 0 saturated carbocycles. The van der Waals surface area contributed by atoms with Crippen LogP contribution in [0.1, 0.15) is 5.56 Å². The summed E-state index contributed by atoms with van der Waals surface area (Å²) in [5.74, 6) is -0.145. The van der Waals surface area contributed by atoms with Crippen molar-refractivity contribution in [3.05, 3.63) is 33.9 Å². The quantitative estimate of drug-likeness (QED) is 0.618. The average molecular weight is 278 g/mol. The summed E-state index contributed by atoms with van der Waals surface area (Å²) in [5.41, 5.74) is 1.18. The lowest BCUT2D eigenvalue weighted by Crippen LogP contribution is -2.57. The lowest BCUT2D eigenvalue weighted by Gasteiger charge is -2.36. The first-order valence-corrected chi connectivity index (χ1v) is 6.49. The third kappa shape index (κ3) is 2.57. The summed E-state index contributed by atoms with van der Waals surface area (Å²) in [7, 11) is 1.57. The summed E-state index contributed by atoms with van der Waals surface area (Å²) in [5, 5.41) is 17.0. The number of benzene rings is 1. The van der Waals surface area contributed by atoms with Crippen LogP contribution in [0.15, 0.2) is 18.2 Å². The normalized spacial score (nSPS) is 18.7. The molecule has 1 amide bonds. The van der Waals surface area contributed by atoms with Crippen LogP contribution in [0.3, 0.4) is 0 Å². The van der Waals surface area contributed by atoms with E-state index in [4.69, 9.17) is 0 Å². The first-order chi connectivity index (χ1) is 9.56. The van der Waals surface area contributed by atoms with Gasteiger partial charge in [0.2, 0.25) is 5.91 Å². The third-order valence-electron chi connectivity index (χ3n) is 3.50. The lowest BCUT2D eigenvalue weighted by molar-refractivity contribution is -0.384. The molecule has 1 fully saturated rings. The van der Waals surface area contributed by atoms with Gasteiger partial charge in [-0.15, -0.1) is 0 Å². The minimum Gasteiger partial charge on any atom is -0.357 e. The number of hydrogen-bond donors (Lipinski definition) is 2. The molecule has 1 saturated heterocycles. The molecule has 1 aliphatic rings. The highest BCUT2D eigenvalue weighted by molar-refractivity contribution is 5.87. The minimum atomic E-state index is -0.436. The van der Waals surface area contributed by atoms with Crippen molar-refractivity contribution >= 4 is 17.3 Å². The van der Waals surface area contributed by atoms with E-state index in [-0.39, 0.29) is 16.5 Å². The number of hydrogen-bond acceptors (Lipinski definition) is 5. The van der Waals surface area contributed by atoms with Gasteiger partial charge in [0, 0.05) is 32.2 Å². The Kier molecular flexibility index (Phi) is 4.19. The number of aryl methyl sites for hydroxylation is 1. The number of nitrogens with zero attached hydrogens (tertiary/aromatic N) is 2. The van der Waals surface area contributed by atoms with E-state index in [9.17, 15) is 14.9 Å². The van der Waals surface area contributed by atoms with Crippen molar-refractivity contribution in [2.45, 2.75) is 13.0 Å². The molecule has 1 heterocycles. The second-order valence-corrected chi connectivity index (χ2v) is 4.73. The highest BCUT2D eigenvalue weighted by Crippen LogP contribution is 2.32. The fraction of sp³-hybridized carbons (Fsp3) is 0.462. The summed E-state index contributed by atoms with van der Waals surface area (Å²) in [6.07, 6.45) is 0. The van der Waals surface area contributed by atoms with Crippen molar-refractivity contribution < 1.29 is 9.72 Å². The minimum absolute atomic E-state index is 0.0725. The molecule has 2 rings (SSSR count). The third-order valence-corrected chi connectivity index (χ3v) is 3.50. The predicted octanol–water partition coefficient (Wildman–Crippen LogP) is 0.427. The van der Waals surface area contributed by atoms with Crippen LogP contribution in [0.5, 0.6) is 0 Å². The summed E-state index contributed by atoms with van der Waals surface area (Å²) < 4.78 is 0. The number of para-hydroxylation sites is 1. The van der Waals surface area contributed by atoms with Gasteiger partial charge in [0.1, 0.15) is 11.7 Å². The van der Waals surface area contributed by atoms with Gasteiger partial charge in [-0.2, -0.15) is 0 Å². The van der Waals surface area contributed by atoms with Gasteiger partial charge in [-0.25, -0.2) is 0 Å². The van der Waals surface area contributed by atoms with E-state index in [1.54, 1.807) is 37.1 Å². The SMILES string of the molecule is CNC(=O)C1CNCCN1c1cccc(C)c1[N+](=O)[O-]. The number of nitro groups is 1. The monoisotopic (exact) mass is 278 g/mol. The molecule has 0 aromatic heterocycles. The Hall–Kier alpha value is -2.15. The smallest absolute Gasteiger partial charge is 0.295 e. The van der Waals surface area contributed by atoms with Crippen LogP contribution in [-0.4, -0.2) is 43.6 Å². The van der Waals surface area contributed by atoms with E-state index in [2.05, 4.69) is 10.6 Å². The van der Waals surface area contributed by atoms with Crippen molar-refractivity contribution in [2.24, 2.45) is 0 Å². The zero-order valence-electron chi connectivity index (χ0n) is 11.5. The number of piperazine rings is 1. The molecule has 0 radical (unpaired) electrons. The maximum absolute atomic E-state index is 12.0. The molecule has 0 bridgehead atoms. The number of carbonyl (C=O) groups is 1. The van der Waals surface area contributed by atoms with Gasteiger partial charge in [0.15, 0.2) is 0 Å². The summed E-state index contributed by atoms with van der Waals surface area (Å²) in [4.78, 5) is 24.7. The molecule has 1 unspecified atom stereocenters. The summed E-state index contributed by atoms with van der Waals surface area (Å²) >= 11 is 0. The van der Waals surface area contributed by atoms with Crippen LogP contribution in [0.25, 0.3) is 0 Å². The lowest BCUT2D eigenvalue weighted by atomic mass is 10.1. The highest BCUT2D eigenvalue weighted by Gasteiger charge is 2.32. The fourth-order valence-electron chi connectivity index (χ4n) is 2.51. The standard InChI is InChI=1S/C13H18N4O3/c1-9-4-3-5-10(12(9)17(19)20)16-7-6-15-8-11(16)13(18)14-2/h3-5,11,15H,6-8H2,1-2H3,(H,14,18). The molecule has 20 heavy (non-hydrogen) atoms. The molecule has 0 aliphatic carbocycles. The van der Waals surface area contributed by atoms with Crippen molar-refractivity contribution in [2.75, 3.05) is 31.6 Å². The maximum atomic E-state index is 12.0. The van der Waals surface area contributed by atoms with Crippen LogP contribution in [0.2, 0.25) is 0 Å². The second kappa shape index (κ2) is 5.87. The number of rotatable bonds is 3. The molecule has 0 spiro atoms. The van der Waals surface area contributed by atoms with Crippen LogP contribution in [0, 0.1) is 17.0 Å². The first kappa shape index (κ1) is 14.3. The average Bonchev–Trinajstić information content (AvgIpc) is 2.45. The van der Waals surface area contributed by atoms with E-state index >= 15 is 0 Å². The van der Waals surface area contributed by atoms with E-state index in [0.29, 0.717) is 30.9 Å². The van der Waals surface area contributed by atoms with Crippen LogP contribution in [-0.2, 0) is 4.79 Å². The van der Waals surface area contributed by atoms with E-state index < -0.39 is 6.04 Å². The molecule has 2 N–H and O–H groups in total. The molecule has 7 heteroatoms. The molecule has 7 nitrogen and oxygen atoms in total. The summed E-state index contributed by atoms with van der Waals surface area (Å²) in [6.45, 7) is 3.43. The van der Waals surface area contributed by atoms with Crippen LogP contribution in [0.4, 0.5) is 11.4 Å². The van der Waals surface area contributed by atoms with Crippen LogP contribution >= 0.6 is 0 Å². The number of carbonyl (C=O) groups excluding carboxylic acids is 1. The fourth-order valence-corrected chi connectivity index (χ4v) is 2.51. The van der Waals surface area contributed by atoms with Crippen molar-refractivity contribution in [1.29, 1.82) is 0 Å². The number of nitro benzene ring substituents is 1. The van der Waals surface area contributed by atoms with Gasteiger partial charge in [-0.05, 0) is 13.0 Å². The number of likely N-dealkylation sites (N-methyl/N-ethyl adjacent to an activating group) is 1. The molecular weight excluding hydrogens is 260 g/mol. The van der Waals surface area contributed by atoms with Crippen molar-refractivity contribution in [1.82, 2.24) is 10.6 Å². The van der Waals surface area contributed by atoms with E-state index in [1.165, 1.54) is 0 Å². The Morgan fingerprint density at radius 3 is 2.95 bits per heavy atom. The maximum Gasteiger partial charge on any atom is 0.295 e. The number of nitrogens with one attached hydrogen (secondary N) is 2.